The first-order chi connectivity index (χ1) is 14.8. The van der Waals surface area contributed by atoms with Crippen LogP contribution in [-0.2, 0) is 13.0 Å². The lowest BCUT2D eigenvalue weighted by Gasteiger charge is -2.33. The molecule has 0 radical (unpaired) electrons. The standard InChI is InChI=1S/C24H32N6.HI/c1-2-25-24(26-14-11-22-19-30-15-7-6-10-23(30)27-22)28-21-12-16-29(17-13-21)18-20-8-4-3-5-9-20;/h3-10,15,19,21H,2,11-14,16-18H2,1H3,(H2,25,26,28);1H. The van der Waals surface area contributed by atoms with Crippen LogP contribution in [0.2, 0.25) is 0 Å². The summed E-state index contributed by atoms with van der Waals surface area (Å²) in [6.07, 6.45) is 7.25. The first-order valence-electron chi connectivity index (χ1n) is 11.0. The van der Waals surface area contributed by atoms with Gasteiger partial charge < -0.3 is 15.0 Å². The minimum absolute atomic E-state index is 0. The van der Waals surface area contributed by atoms with E-state index in [2.05, 4.69) is 68.4 Å². The third-order valence-corrected chi connectivity index (χ3v) is 5.57. The zero-order valence-corrected chi connectivity index (χ0v) is 20.5. The lowest BCUT2D eigenvalue weighted by atomic mass is 10.0. The maximum atomic E-state index is 4.79. The summed E-state index contributed by atoms with van der Waals surface area (Å²) in [5.41, 5.74) is 3.46. The smallest absolute Gasteiger partial charge is 0.191 e. The van der Waals surface area contributed by atoms with Crippen LogP contribution in [0.5, 0.6) is 0 Å². The van der Waals surface area contributed by atoms with Crippen molar-refractivity contribution in [3.05, 3.63) is 72.2 Å². The maximum absolute atomic E-state index is 4.79. The van der Waals surface area contributed by atoms with Gasteiger partial charge in [-0.2, -0.15) is 0 Å². The average molecular weight is 532 g/mol. The van der Waals surface area contributed by atoms with Crippen LogP contribution in [0.1, 0.15) is 31.0 Å². The molecule has 3 heterocycles. The second kappa shape index (κ2) is 12.0. The van der Waals surface area contributed by atoms with Gasteiger partial charge in [-0.15, -0.1) is 24.0 Å². The van der Waals surface area contributed by atoms with Crippen molar-refractivity contribution in [3.8, 4) is 0 Å². The molecule has 1 aliphatic rings. The van der Waals surface area contributed by atoms with Crippen molar-refractivity contribution >= 4 is 35.6 Å². The third-order valence-electron chi connectivity index (χ3n) is 5.57. The molecule has 31 heavy (non-hydrogen) atoms. The molecule has 3 aromatic rings. The van der Waals surface area contributed by atoms with Gasteiger partial charge in [0.15, 0.2) is 5.96 Å². The largest absolute Gasteiger partial charge is 0.357 e. The number of nitrogens with one attached hydrogen (secondary N) is 2. The Morgan fingerprint density at radius 1 is 1.10 bits per heavy atom. The summed E-state index contributed by atoms with van der Waals surface area (Å²) >= 11 is 0. The van der Waals surface area contributed by atoms with Crippen LogP contribution >= 0.6 is 24.0 Å². The number of hydrogen-bond acceptors (Lipinski definition) is 3. The number of nitrogens with zero attached hydrogens (tertiary/aromatic N) is 4. The van der Waals surface area contributed by atoms with Gasteiger partial charge in [0.2, 0.25) is 0 Å². The molecule has 4 rings (SSSR count). The Balaban J connectivity index is 0.00000272. The number of halogens is 1. The number of pyridine rings is 1. The Labute approximate surface area is 202 Å². The van der Waals surface area contributed by atoms with E-state index in [0.717, 1.165) is 69.3 Å². The van der Waals surface area contributed by atoms with E-state index in [4.69, 9.17) is 4.99 Å². The van der Waals surface area contributed by atoms with E-state index in [1.807, 2.05) is 24.4 Å². The molecule has 1 aliphatic heterocycles. The first-order valence-corrected chi connectivity index (χ1v) is 11.0. The van der Waals surface area contributed by atoms with Gasteiger partial charge in [0.05, 0.1) is 5.69 Å². The number of imidazole rings is 1. The highest BCUT2D eigenvalue weighted by molar-refractivity contribution is 14.0. The molecule has 0 aliphatic carbocycles. The predicted octanol–water partition coefficient (Wildman–Crippen LogP) is 3.71. The predicted molar refractivity (Wildman–Crippen MR) is 138 cm³/mol. The molecule has 0 saturated carbocycles. The van der Waals surface area contributed by atoms with E-state index >= 15 is 0 Å². The number of hydrogen-bond donors (Lipinski definition) is 2. The van der Waals surface area contributed by atoms with Crippen molar-refractivity contribution in [2.75, 3.05) is 26.2 Å². The molecule has 2 N–H and O–H groups in total. The molecular weight excluding hydrogens is 499 g/mol. The monoisotopic (exact) mass is 532 g/mol. The van der Waals surface area contributed by atoms with E-state index in [1.165, 1.54) is 5.56 Å². The number of aliphatic imine (C=N–C) groups is 1. The number of piperidine rings is 1. The molecule has 2 aromatic heterocycles. The number of guanidine groups is 1. The number of rotatable bonds is 7. The molecule has 0 spiro atoms. The summed E-state index contributed by atoms with van der Waals surface area (Å²) in [4.78, 5) is 12.0. The molecular formula is C24H33IN6. The molecule has 166 valence electrons. The minimum Gasteiger partial charge on any atom is -0.357 e. The normalized spacial score (nSPS) is 15.6. The molecule has 1 saturated heterocycles. The van der Waals surface area contributed by atoms with Crippen LogP contribution in [-0.4, -0.2) is 52.5 Å². The van der Waals surface area contributed by atoms with Crippen LogP contribution in [0.15, 0.2) is 65.9 Å². The van der Waals surface area contributed by atoms with Gasteiger partial charge in [0.1, 0.15) is 5.65 Å². The van der Waals surface area contributed by atoms with E-state index < -0.39 is 0 Å². The fraction of sp³-hybridized carbons (Fsp3) is 0.417. The fourth-order valence-electron chi connectivity index (χ4n) is 3.98. The summed E-state index contributed by atoms with van der Waals surface area (Å²) in [6, 6.07) is 17.3. The Morgan fingerprint density at radius 2 is 1.87 bits per heavy atom. The second-order valence-corrected chi connectivity index (χ2v) is 7.89. The molecule has 6 nitrogen and oxygen atoms in total. The topological polar surface area (TPSA) is 57.0 Å². The van der Waals surface area contributed by atoms with Gasteiger partial charge in [-0.3, -0.25) is 9.89 Å². The third kappa shape index (κ3) is 6.93. The van der Waals surface area contributed by atoms with Gasteiger partial charge in [0.25, 0.3) is 0 Å². The molecule has 7 heteroatoms. The highest BCUT2D eigenvalue weighted by Gasteiger charge is 2.20. The number of aromatic nitrogens is 2. The lowest BCUT2D eigenvalue weighted by Crippen LogP contribution is -2.48. The molecule has 1 fully saturated rings. The van der Waals surface area contributed by atoms with Crippen LogP contribution in [0.3, 0.4) is 0 Å². The van der Waals surface area contributed by atoms with Crippen molar-refractivity contribution in [1.29, 1.82) is 0 Å². The maximum Gasteiger partial charge on any atom is 0.191 e. The summed E-state index contributed by atoms with van der Waals surface area (Å²) in [5.74, 6) is 0.919. The summed E-state index contributed by atoms with van der Waals surface area (Å²) in [5, 5.41) is 7.03. The zero-order chi connectivity index (χ0) is 20.6. The van der Waals surface area contributed by atoms with E-state index in [9.17, 15) is 0 Å². The average Bonchev–Trinajstić information content (AvgIpc) is 3.19. The van der Waals surface area contributed by atoms with Crippen molar-refractivity contribution in [2.45, 2.75) is 38.8 Å². The minimum atomic E-state index is 0. The zero-order valence-electron chi connectivity index (χ0n) is 18.2. The SMILES string of the molecule is CCNC(=NCCc1cn2ccccc2n1)NC1CCN(Cc2ccccc2)CC1.I. The van der Waals surface area contributed by atoms with Gasteiger partial charge in [-0.05, 0) is 37.5 Å². The molecule has 1 aromatic carbocycles. The van der Waals surface area contributed by atoms with Crippen LogP contribution in [0, 0.1) is 0 Å². The van der Waals surface area contributed by atoms with Gasteiger partial charge in [0, 0.05) is 57.6 Å². The van der Waals surface area contributed by atoms with Crippen LogP contribution in [0.4, 0.5) is 0 Å². The molecule has 0 atom stereocenters. The number of benzene rings is 1. The Bertz CT molecular complexity index is 914. The highest BCUT2D eigenvalue weighted by Crippen LogP contribution is 2.14. The van der Waals surface area contributed by atoms with Crippen molar-refractivity contribution in [1.82, 2.24) is 24.9 Å². The van der Waals surface area contributed by atoms with Gasteiger partial charge in [-0.1, -0.05) is 36.4 Å². The van der Waals surface area contributed by atoms with E-state index in [-0.39, 0.29) is 24.0 Å². The van der Waals surface area contributed by atoms with Crippen LogP contribution in [0.25, 0.3) is 5.65 Å². The Morgan fingerprint density at radius 3 is 2.61 bits per heavy atom. The van der Waals surface area contributed by atoms with Crippen molar-refractivity contribution < 1.29 is 0 Å². The molecule has 0 amide bonds. The summed E-state index contributed by atoms with van der Waals surface area (Å²) < 4.78 is 2.06. The Hall–Kier alpha value is -2.13. The van der Waals surface area contributed by atoms with Crippen molar-refractivity contribution in [2.24, 2.45) is 4.99 Å². The fourth-order valence-corrected chi connectivity index (χ4v) is 3.98. The van der Waals surface area contributed by atoms with Crippen LogP contribution < -0.4 is 10.6 Å². The van der Waals surface area contributed by atoms with Crippen molar-refractivity contribution in [3.63, 3.8) is 0 Å². The Kier molecular flexibility index (Phi) is 9.14. The van der Waals surface area contributed by atoms with Gasteiger partial charge >= 0.3 is 0 Å². The van der Waals surface area contributed by atoms with Gasteiger partial charge in [-0.25, -0.2) is 4.98 Å². The summed E-state index contributed by atoms with van der Waals surface area (Å²) in [7, 11) is 0. The number of likely N-dealkylation sites (tertiary alicyclic amines) is 1. The van der Waals surface area contributed by atoms with E-state index in [1.54, 1.807) is 0 Å². The number of fused-ring (bicyclic) bond motifs is 1. The summed E-state index contributed by atoms with van der Waals surface area (Å²) in [6.45, 7) is 6.99. The molecule has 0 bridgehead atoms. The lowest BCUT2D eigenvalue weighted by molar-refractivity contribution is 0.198. The molecule has 0 unspecified atom stereocenters. The van der Waals surface area contributed by atoms with E-state index in [0.29, 0.717) is 6.04 Å². The quantitative estimate of drug-likeness (QED) is 0.277. The second-order valence-electron chi connectivity index (χ2n) is 7.89. The highest BCUT2D eigenvalue weighted by atomic mass is 127. The first kappa shape index (κ1) is 23.5.